The Kier molecular flexibility index (Phi) is 12.4. The van der Waals surface area contributed by atoms with Crippen molar-refractivity contribution in [3.8, 4) is 0 Å². The first-order valence-corrected chi connectivity index (χ1v) is 10.3. The third-order valence-corrected chi connectivity index (χ3v) is 4.61. The smallest absolute Gasteiger partial charge is 0.394 e. The molecule has 0 radical (unpaired) electrons. The van der Waals surface area contributed by atoms with Gasteiger partial charge < -0.3 is 19.2 Å². The lowest BCUT2D eigenvalue weighted by molar-refractivity contribution is -0.870. The van der Waals surface area contributed by atoms with Crippen LogP contribution in [0, 0.1) is 0 Å². The second-order valence-electron chi connectivity index (χ2n) is 7.22. The predicted molar refractivity (Wildman–Crippen MR) is 94.8 cm³/mol. The predicted octanol–water partition coefficient (Wildman–Crippen LogP) is 2.56. The number of hydrogen-bond acceptors (Lipinski definition) is 5. The molecule has 24 heavy (non-hydrogen) atoms. The molecule has 0 saturated carbocycles. The molecular formula is C16H37NO6P+. The molecule has 0 aliphatic carbocycles. The van der Waals surface area contributed by atoms with Crippen LogP contribution >= 0.6 is 7.82 Å². The number of phosphoric acid groups is 1. The van der Waals surface area contributed by atoms with E-state index in [0.717, 1.165) is 12.8 Å². The van der Waals surface area contributed by atoms with E-state index in [1.165, 1.54) is 19.3 Å². The first-order chi connectivity index (χ1) is 11.1. The lowest BCUT2D eigenvalue weighted by Crippen LogP contribution is -2.37. The van der Waals surface area contributed by atoms with Crippen molar-refractivity contribution in [3.63, 3.8) is 0 Å². The SMILES string of the molecule is CCCCCCC(C)OC[C@H](CO)OP(=O)(O)OCC[N+](C)(C)C. The summed E-state index contributed by atoms with van der Waals surface area (Å²) in [6, 6.07) is 0. The summed E-state index contributed by atoms with van der Waals surface area (Å²) in [7, 11) is 1.68. The maximum Gasteiger partial charge on any atom is 0.472 e. The molecule has 8 heteroatoms. The average molecular weight is 370 g/mol. The summed E-state index contributed by atoms with van der Waals surface area (Å²) in [5.74, 6) is 0. The molecule has 0 rings (SSSR count). The summed E-state index contributed by atoms with van der Waals surface area (Å²) in [6.45, 7) is 4.46. The number of likely N-dealkylation sites (N-methyl/N-ethyl adjacent to an activating group) is 1. The zero-order valence-electron chi connectivity index (χ0n) is 15.9. The van der Waals surface area contributed by atoms with Gasteiger partial charge in [0.05, 0.1) is 40.5 Å². The summed E-state index contributed by atoms with van der Waals surface area (Å²) in [6.07, 6.45) is 4.75. The zero-order chi connectivity index (χ0) is 18.6. The molecule has 7 nitrogen and oxygen atoms in total. The van der Waals surface area contributed by atoms with E-state index in [0.29, 0.717) is 11.0 Å². The Morgan fingerprint density at radius 3 is 2.38 bits per heavy atom. The molecular weight excluding hydrogens is 333 g/mol. The number of quaternary nitrogens is 1. The van der Waals surface area contributed by atoms with Gasteiger partial charge in [0.1, 0.15) is 19.3 Å². The quantitative estimate of drug-likeness (QED) is 0.262. The number of aliphatic hydroxyl groups excluding tert-OH is 1. The third kappa shape index (κ3) is 14.3. The van der Waals surface area contributed by atoms with Crippen molar-refractivity contribution < 1.29 is 32.8 Å². The highest BCUT2D eigenvalue weighted by Gasteiger charge is 2.27. The van der Waals surface area contributed by atoms with Gasteiger partial charge in [0, 0.05) is 0 Å². The molecule has 0 aromatic rings. The Hall–Kier alpha value is -0.0100. The van der Waals surface area contributed by atoms with Crippen molar-refractivity contribution in [1.82, 2.24) is 0 Å². The molecule has 0 saturated heterocycles. The molecule has 3 atom stereocenters. The minimum Gasteiger partial charge on any atom is -0.394 e. The fraction of sp³-hybridized carbons (Fsp3) is 1.00. The molecule has 0 aromatic heterocycles. The lowest BCUT2D eigenvalue weighted by atomic mass is 10.1. The van der Waals surface area contributed by atoms with E-state index >= 15 is 0 Å². The van der Waals surface area contributed by atoms with Crippen molar-refractivity contribution in [3.05, 3.63) is 0 Å². The van der Waals surface area contributed by atoms with Gasteiger partial charge in [0.15, 0.2) is 0 Å². The molecule has 0 bridgehead atoms. The van der Waals surface area contributed by atoms with Crippen LogP contribution in [0.5, 0.6) is 0 Å². The van der Waals surface area contributed by atoms with Crippen LogP contribution < -0.4 is 0 Å². The van der Waals surface area contributed by atoms with Crippen LogP contribution in [0.2, 0.25) is 0 Å². The number of unbranched alkanes of at least 4 members (excludes halogenated alkanes) is 3. The number of rotatable bonds is 15. The number of nitrogens with zero attached hydrogens (tertiary/aromatic N) is 1. The van der Waals surface area contributed by atoms with E-state index in [4.69, 9.17) is 13.8 Å². The molecule has 146 valence electrons. The summed E-state index contributed by atoms with van der Waals surface area (Å²) < 4.78 is 28.1. The van der Waals surface area contributed by atoms with Crippen LogP contribution in [-0.2, 0) is 18.3 Å². The van der Waals surface area contributed by atoms with Gasteiger partial charge in [-0.3, -0.25) is 9.05 Å². The first kappa shape index (κ1) is 24.0. The molecule has 2 unspecified atom stereocenters. The number of hydrogen-bond donors (Lipinski definition) is 2. The maximum atomic E-state index is 11.9. The highest BCUT2D eigenvalue weighted by Crippen LogP contribution is 2.44. The van der Waals surface area contributed by atoms with Gasteiger partial charge in [0.25, 0.3) is 0 Å². The highest BCUT2D eigenvalue weighted by molar-refractivity contribution is 7.47. The normalized spacial score (nSPS) is 17.5. The largest absolute Gasteiger partial charge is 0.472 e. The van der Waals surface area contributed by atoms with Gasteiger partial charge in [-0.25, -0.2) is 4.57 Å². The molecule has 0 heterocycles. The van der Waals surface area contributed by atoms with Crippen molar-refractivity contribution in [2.75, 3.05) is 47.5 Å². The molecule has 0 fully saturated rings. The summed E-state index contributed by atoms with van der Waals surface area (Å²) in [5, 5.41) is 9.31. The minimum absolute atomic E-state index is 0.0247. The Morgan fingerprint density at radius 1 is 1.17 bits per heavy atom. The number of ether oxygens (including phenoxy) is 1. The van der Waals surface area contributed by atoms with Gasteiger partial charge >= 0.3 is 7.82 Å². The minimum atomic E-state index is -4.19. The Balaban J connectivity index is 4.08. The Morgan fingerprint density at radius 2 is 1.83 bits per heavy atom. The van der Waals surface area contributed by atoms with Gasteiger partial charge in [0.2, 0.25) is 0 Å². The van der Waals surface area contributed by atoms with E-state index in [-0.39, 0.29) is 19.3 Å². The van der Waals surface area contributed by atoms with E-state index in [2.05, 4.69) is 6.92 Å². The maximum absolute atomic E-state index is 11.9. The first-order valence-electron chi connectivity index (χ1n) is 8.78. The third-order valence-electron chi connectivity index (χ3n) is 3.53. The van der Waals surface area contributed by atoms with E-state index < -0.39 is 20.5 Å². The van der Waals surface area contributed by atoms with Crippen molar-refractivity contribution in [2.45, 2.75) is 58.2 Å². The Labute approximate surface area is 147 Å². The van der Waals surface area contributed by atoms with Gasteiger partial charge in [-0.05, 0) is 13.3 Å². The zero-order valence-corrected chi connectivity index (χ0v) is 16.8. The second kappa shape index (κ2) is 12.4. The molecule has 0 aromatic carbocycles. The Bertz CT molecular complexity index is 361. The van der Waals surface area contributed by atoms with Gasteiger partial charge in [-0.15, -0.1) is 0 Å². The second-order valence-corrected chi connectivity index (χ2v) is 8.63. The van der Waals surface area contributed by atoms with Crippen molar-refractivity contribution in [2.24, 2.45) is 0 Å². The highest BCUT2D eigenvalue weighted by atomic mass is 31.2. The van der Waals surface area contributed by atoms with Crippen LogP contribution in [0.25, 0.3) is 0 Å². The standard InChI is InChI=1S/C16H36NO6P/c1-6-7-8-9-10-15(2)21-14-16(13-18)23-24(19,20)22-12-11-17(3,4)5/h15-16,18H,6-14H2,1-5H3/p+1/t15?,16-/m0/s1. The molecule has 0 amide bonds. The van der Waals surface area contributed by atoms with Crippen LogP contribution in [0.4, 0.5) is 0 Å². The van der Waals surface area contributed by atoms with Gasteiger partial charge in [-0.1, -0.05) is 32.6 Å². The van der Waals surface area contributed by atoms with E-state index in [1.54, 1.807) is 0 Å². The fourth-order valence-corrected chi connectivity index (χ4v) is 2.86. The van der Waals surface area contributed by atoms with Crippen molar-refractivity contribution in [1.29, 1.82) is 0 Å². The monoisotopic (exact) mass is 370 g/mol. The summed E-state index contributed by atoms with van der Waals surface area (Å²) >= 11 is 0. The molecule has 2 N–H and O–H groups in total. The average Bonchev–Trinajstić information content (AvgIpc) is 2.46. The van der Waals surface area contributed by atoms with Crippen LogP contribution in [0.3, 0.4) is 0 Å². The topological polar surface area (TPSA) is 85.2 Å². The van der Waals surface area contributed by atoms with Crippen LogP contribution in [0.15, 0.2) is 0 Å². The van der Waals surface area contributed by atoms with Crippen LogP contribution in [-0.4, -0.2) is 74.2 Å². The summed E-state index contributed by atoms with van der Waals surface area (Å²) in [4.78, 5) is 9.72. The fourth-order valence-electron chi connectivity index (χ4n) is 1.98. The lowest BCUT2D eigenvalue weighted by Gasteiger charge is -2.25. The number of phosphoric ester groups is 1. The molecule has 0 aliphatic heterocycles. The van der Waals surface area contributed by atoms with Crippen molar-refractivity contribution >= 4 is 7.82 Å². The van der Waals surface area contributed by atoms with Crippen LogP contribution in [0.1, 0.15) is 46.0 Å². The van der Waals surface area contributed by atoms with E-state index in [1.807, 2.05) is 28.1 Å². The van der Waals surface area contributed by atoms with E-state index in [9.17, 15) is 14.6 Å². The summed E-state index contributed by atoms with van der Waals surface area (Å²) in [5.41, 5.74) is 0. The molecule has 0 spiro atoms. The molecule has 0 aliphatic rings. The number of aliphatic hydroxyl groups is 1. The van der Waals surface area contributed by atoms with Gasteiger partial charge in [-0.2, -0.15) is 0 Å².